The molecule has 0 spiro atoms. The fourth-order valence-corrected chi connectivity index (χ4v) is 1.20. The molecule has 0 bridgehead atoms. The minimum Gasteiger partial charge on any atom is -0.481 e. The molecule has 0 aliphatic rings. The van der Waals surface area contributed by atoms with Gasteiger partial charge < -0.3 is 10.2 Å². The zero-order valence-corrected chi connectivity index (χ0v) is 8.14. The molecule has 1 aromatic heterocycles. The molecule has 1 atom stereocenters. The molecule has 0 aliphatic carbocycles. The minimum atomic E-state index is -1.02. The predicted molar refractivity (Wildman–Crippen MR) is 47.8 cm³/mol. The van der Waals surface area contributed by atoms with Gasteiger partial charge in [0.15, 0.2) is 0 Å². The zero-order valence-electron chi connectivity index (χ0n) is 8.14. The number of hydrogen-bond donors (Lipinski definition) is 2. The van der Waals surface area contributed by atoms with E-state index in [-0.39, 0.29) is 13.0 Å². The van der Waals surface area contributed by atoms with Crippen LogP contribution in [0.4, 0.5) is 0 Å². The Morgan fingerprint density at radius 3 is 2.64 bits per heavy atom. The average Bonchev–Trinajstić information content (AvgIpc) is 2.28. The summed E-state index contributed by atoms with van der Waals surface area (Å²) in [6.07, 6.45) is -1.20. The van der Waals surface area contributed by atoms with Gasteiger partial charge >= 0.3 is 5.97 Å². The van der Waals surface area contributed by atoms with Gasteiger partial charge in [0.25, 0.3) is 0 Å². The van der Waals surface area contributed by atoms with E-state index < -0.39 is 12.1 Å². The van der Waals surface area contributed by atoms with Crippen molar-refractivity contribution in [2.75, 3.05) is 0 Å². The number of aliphatic hydroxyl groups is 1. The molecule has 1 unspecified atom stereocenters. The second-order valence-corrected chi connectivity index (χ2v) is 3.14. The van der Waals surface area contributed by atoms with Crippen LogP contribution in [0.15, 0.2) is 0 Å². The number of carboxylic acids is 1. The van der Waals surface area contributed by atoms with Gasteiger partial charge in [-0.15, -0.1) is 0 Å². The van der Waals surface area contributed by atoms with Gasteiger partial charge in [0, 0.05) is 0 Å². The summed E-state index contributed by atoms with van der Waals surface area (Å²) in [6.45, 7) is 3.67. The van der Waals surface area contributed by atoms with Crippen molar-refractivity contribution in [1.29, 1.82) is 0 Å². The number of carbonyl (C=O) groups is 1. The number of aryl methyl sites for hydroxylation is 2. The first-order valence-electron chi connectivity index (χ1n) is 4.27. The highest BCUT2D eigenvalue weighted by Crippen LogP contribution is 2.00. The molecule has 0 saturated carbocycles. The first kappa shape index (κ1) is 10.6. The molecule has 0 aromatic carbocycles. The lowest BCUT2D eigenvalue weighted by atomic mass is 10.2. The van der Waals surface area contributed by atoms with Crippen molar-refractivity contribution in [3.8, 4) is 0 Å². The maximum atomic E-state index is 10.3. The van der Waals surface area contributed by atoms with Crippen LogP contribution in [-0.4, -0.2) is 37.1 Å². The van der Waals surface area contributed by atoms with Gasteiger partial charge in [0.1, 0.15) is 11.6 Å². The Morgan fingerprint density at radius 1 is 1.57 bits per heavy atom. The smallest absolute Gasteiger partial charge is 0.306 e. The van der Waals surface area contributed by atoms with Gasteiger partial charge in [-0.05, 0) is 13.8 Å². The molecule has 14 heavy (non-hydrogen) atoms. The van der Waals surface area contributed by atoms with Crippen LogP contribution in [-0.2, 0) is 11.3 Å². The first-order chi connectivity index (χ1) is 6.49. The third-order valence-electron chi connectivity index (χ3n) is 1.76. The van der Waals surface area contributed by atoms with Crippen molar-refractivity contribution in [2.24, 2.45) is 0 Å². The van der Waals surface area contributed by atoms with Crippen LogP contribution in [0.25, 0.3) is 0 Å². The highest BCUT2D eigenvalue weighted by molar-refractivity contribution is 5.67. The molecule has 2 N–H and O–H groups in total. The van der Waals surface area contributed by atoms with Crippen LogP contribution < -0.4 is 0 Å². The highest BCUT2D eigenvalue weighted by atomic mass is 16.4. The zero-order chi connectivity index (χ0) is 10.7. The normalized spacial score (nSPS) is 12.8. The van der Waals surface area contributed by atoms with E-state index in [2.05, 4.69) is 10.1 Å². The van der Waals surface area contributed by atoms with Crippen molar-refractivity contribution < 1.29 is 15.0 Å². The summed E-state index contributed by atoms with van der Waals surface area (Å²) in [5.41, 5.74) is 0. The summed E-state index contributed by atoms with van der Waals surface area (Å²) >= 11 is 0. The molecule has 6 nitrogen and oxygen atoms in total. The number of aliphatic carboxylic acids is 1. The lowest BCUT2D eigenvalue weighted by Crippen LogP contribution is -2.21. The number of hydrogen-bond acceptors (Lipinski definition) is 4. The molecule has 0 fully saturated rings. The minimum absolute atomic E-state index is 0.166. The van der Waals surface area contributed by atoms with Crippen molar-refractivity contribution in [3.63, 3.8) is 0 Å². The number of aromatic nitrogens is 3. The van der Waals surface area contributed by atoms with E-state index in [4.69, 9.17) is 5.11 Å². The molecule has 1 heterocycles. The van der Waals surface area contributed by atoms with Crippen LogP contribution in [0.2, 0.25) is 0 Å². The molecule has 78 valence electrons. The molecular weight excluding hydrogens is 186 g/mol. The van der Waals surface area contributed by atoms with E-state index in [0.29, 0.717) is 11.6 Å². The number of carboxylic acid groups (broad SMARTS) is 1. The first-order valence-corrected chi connectivity index (χ1v) is 4.27. The Hall–Kier alpha value is -1.43. The van der Waals surface area contributed by atoms with Gasteiger partial charge in [-0.25, -0.2) is 9.67 Å². The maximum Gasteiger partial charge on any atom is 0.306 e. The Labute approximate surface area is 81.2 Å². The summed E-state index contributed by atoms with van der Waals surface area (Å²) < 4.78 is 1.50. The fourth-order valence-electron chi connectivity index (χ4n) is 1.20. The van der Waals surface area contributed by atoms with E-state index in [0.717, 1.165) is 0 Å². The Morgan fingerprint density at radius 2 is 2.21 bits per heavy atom. The SMILES string of the molecule is Cc1nc(C)n(CC(O)CC(=O)O)n1. The topological polar surface area (TPSA) is 88.2 Å². The summed E-state index contributed by atoms with van der Waals surface area (Å²) in [4.78, 5) is 14.3. The molecule has 1 aromatic rings. The highest BCUT2D eigenvalue weighted by Gasteiger charge is 2.12. The van der Waals surface area contributed by atoms with Crippen LogP contribution in [0, 0.1) is 13.8 Å². The summed E-state index contributed by atoms with van der Waals surface area (Å²) in [7, 11) is 0. The van der Waals surface area contributed by atoms with Crippen molar-refractivity contribution in [1.82, 2.24) is 14.8 Å². The molecule has 0 radical (unpaired) electrons. The van der Waals surface area contributed by atoms with Crippen LogP contribution >= 0.6 is 0 Å². The van der Waals surface area contributed by atoms with Crippen molar-refractivity contribution in [3.05, 3.63) is 11.6 Å². The summed E-state index contributed by atoms with van der Waals surface area (Å²) in [5, 5.41) is 21.8. The van der Waals surface area contributed by atoms with Gasteiger partial charge in [-0.3, -0.25) is 4.79 Å². The third-order valence-corrected chi connectivity index (χ3v) is 1.76. The van der Waals surface area contributed by atoms with Crippen molar-refractivity contribution >= 4 is 5.97 Å². The predicted octanol–water partition coefficient (Wildman–Crippen LogP) is -0.269. The van der Waals surface area contributed by atoms with E-state index >= 15 is 0 Å². The van der Waals surface area contributed by atoms with Crippen molar-refractivity contribution in [2.45, 2.75) is 32.9 Å². The van der Waals surface area contributed by atoms with Crippen LogP contribution in [0.1, 0.15) is 18.1 Å². The molecule has 0 aliphatic heterocycles. The average molecular weight is 199 g/mol. The Balaban J connectivity index is 2.59. The molecule has 0 saturated heterocycles. The van der Waals surface area contributed by atoms with E-state index in [1.807, 2.05) is 0 Å². The van der Waals surface area contributed by atoms with Gasteiger partial charge in [-0.1, -0.05) is 0 Å². The summed E-state index contributed by atoms with van der Waals surface area (Å²) in [5.74, 6) is 0.268. The van der Waals surface area contributed by atoms with E-state index in [1.54, 1.807) is 13.8 Å². The molecule has 0 amide bonds. The monoisotopic (exact) mass is 199 g/mol. The van der Waals surface area contributed by atoms with Gasteiger partial charge in [-0.2, -0.15) is 5.10 Å². The van der Waals surface area contributed by atoms with E-state index in [1.165, 1.54) is 4.68 Å². The fraction of sp³-hybridized carbons (Fsp3) is 0.625. The molecule has 6 heteroatoms. The van der Waals surface area contributed by atoms with Crippen LogP contribution in [0.3, 0.4) is 0 Å². The molecular formula is C8H13N3O3. The van der Waals surface area contributed by atoms with Crippen LogP contribution in [0.5, 0.6) is 0 Å². The second-order valence-electron chi connectivity index (χ2n) is 3.14. The molecule has 1 rings (SSSR count). The second kappa shape index (κ2) is 4.19. The van der Waals surface area contributed by atoms with Gasteiger partial charge in [0.05, 0.1) is 19.1 Å². The van der Waals surface area contributed by atoms with Gasteiger partial charge in [0.2, 0.25) is 0 Å². The third kappa shape index (κ3) is 2.81. The standard InChI is InChI=1S/C8H13N3O3/c1-5-9-6(2)11(10-5)4-7(12)3-8(13)14/h7,12H,3-4H2,1-2H3,(H,13,14). The lowest BCUT2D eigenvalue weighted by molar-refractivity contribution is -0.139. The summed E-state index contributed by atoms with van der Waals surface area (Å²) in [6, 6.07) is 0. The number of rotatable bonds is 4. The quantitative estimate of drug-likeness (QED) is 0.696. The largest absolute Gasteiger partial charge is 0.481 e. The maximum absolute atomic E-state index is 10.3. The van der Waals surface area contributed by atoms with E-state index in [9.17, 15) is 9.90 Å². The number of aliphatic hydroxyl groups excluding tert-OH is 1. The lowest BCUT2D eigenvalue weighted by Gasteiger charge is -2.08. The Kier molecular flexibility index (Phi) is 3.19. The Bertz CT molecular complexity index is 335. The number of nitrogens with zero attached hydrogens (tertiary/aromatic N) is 3.